The van der Waals surface area contributed by atoms with Crippen molar-refractivity contribution in [2.24, 2.45) is 11.8 Å². The molecule has 0 radical (unpaired) electrons. The van der Waals surface area contributed by atoms with E-state index < -0.39 is 28.6 Å². The van der Waals surface area contributed by atoms with E-state index in [-0.39, 0.29) is 41.6 Å². The minimum absolute atomic E-state index is 0.0954. The molecule has 2 bridgehead atoms. The molecule has 4 rings (SSSR count). The number of alkyl halides is 1. The van der Waals surface area contributed by atoms with E-state index in [1.807, 2.05) is 24.3 Å². The lowest BCUT2D eigenvalue weighted by Crippen LogP contribution is -2.55. The third kappa shape index (κ3) is 4.24. The van der Waals surface area contributed by atoms with E-state index in [0.717, 1.165) is 18.8 Å². The molecular formula is C26H34BrN3O5S. The Morgan fingerprint density at radius 3 is 2.44 bits per heavy atom. The van der Waals surface area contributed by atoms with Crippen LogP contribution in [0.3, 0.4) is 0 Å². The van der Waals surface area contributed by atoms with Crippen LogP contribution in [0.4, 0.5) is 11.4 Å². The molecule has 36 heavy (non-hydrogen) atoms. The minimum Gasteiger partial charge on any atom is -0.481 e. The third-order valence-corrected chi connectivity index (χ3v) is 11.0. The lowest BCUT2D eigenvalue weighted by Gasteiger charge is -2.37. The molecule has 196 valence electrons. The van der Waals surface area contributed by atoms with E-state index in [1.165, 1.54) is 16.7 Å². The van der Waals surface area contributed by atoms with Gasteiger partial charge in [-0.2, -0.15) is 0 Å². The fraction of sp³-hybridized carbons (Fsp3) is 0.577. The van der Waals surface area contributed by atoms with Crippen molar-refractivity contribution >= 4 is 56.9 Å². The van der Waals surface area contributed by atoms with Crippen LogP contribution in [0.2, 0.25) is 0 Å². The zero-order chi connectivity index (χ0) is 26.2. The van der Waals surface area contributed by atoms with Gasteiger partial charge in [-0.3, -0.25) is 14.4 Å². The molecule has 3 heterocycles. The molecule has 10 heteroatoms. The fourth-order valence-corrected chi connectivity index (χ4v) is 9.80. The first-order chi connectivity index (χ1) is 17.2. The second kappa shape index (κ2) is 10.8. The van der Waals surface area contributed by atoms with Crippen LogP contribution in [-0.2, 0) is 14.4 Å². The molecule has 0 aliphatic carbocycles. The van der Waals surface area contributed by atoms with Crippen molar-refractivity contribution < 1.29 is 24.6 Å². The summed E-state index contributed by atoms with van der Waals surface area (Å²) < 4.78 is -0.827. The van der Waals surface area contributed by atoms with Gasteiger partial charge in [0.15, 0.2) is 0 Å². The maximum atomic E-state index is 14.3. The number of rotatable bonds is 11. The molecule has 6 atom stereocenters. The second-order valence-corrected chi connectivity index (χ2v) is 12.3. The topological polar surface area (TPSA) is 101 Å². The Morgan fingerprint density at radius 2 is 1.89 bits per heavy atom. The van der Waals surface area contributed by atoms with Crippen LogP contribution < -0.4 is 9.80 Å². The van der Waals surface area contributed by atoms with E-state index in [1.54, 1.807) is 11.0 Å². The van der Waals surface area contributed by atoms with Gasteiger partial charge >= 0.3 is 5.97 Å². The number of carbonyl (C=O) groups excluding carboxylic acids is 2. The van der Waals surface area contributed by atoms with Gasteiger partial charge in [0.25, 0.3) is 5.91 Å². The van der Waals surface area contributed by atoms with Gasteiger partial charge in [0.1, 0.15) is 6.04 Å². The summed E-state index contributed by atoms with van der Waals surface area (Å²) in [6.07, 6.45) is 2.52. The number of likely N-dealkylation sites (tertiary alicyclic amines) is 1. The average Bonchev–Trinajstić information content (AvgIpc) is 3.45. The monoisotopic (exact) mass is 579 g/mol. The lowest BCUT2D eigenvalue weighted by molar-refractivity contribution is -0.148. The van der Waals surface area contributed by atoms with Gasteiger partial charge in [-0.15, -0.1) is 18.3 Å². The summed E-state index contributed by atoms with van der Waals surface area (Å²) in [6, 6.07) is 6.97. The summed E-state index contributed by atoms with van der Waals surface area (Å²) in [5.74, 6) is -3.14. The number of hydrogen-bond donors (Lipinski definition) is 2. The van der Waals surface area contributed by atoms with E-state index in [0.29, 0.717) is 18.5 Å². The SMILES string of the molecule is C=CCN(C(=O)C1N(CCCO)C(=O)[C@@H]2[C@H](C(=O)O)[C@H]3SC12CC3Br)c1ccc(N(CC)CC)cc1. The van der Waals surface area contributed by atoms with Crippen LogP contribution in [0.15, 0.2) is 36.9 Å². The molecule has 3 aliphatic rings. The standard InChI is InChI=1S/C26H34BrN3O5S/c1-4-12-29(17-10-8-16(9-11-17)28(5-2)6-3)24(33)22-26-15-18(27)21(36-26)19(25(34)35)20(26)23(32)30(22)13-7-14-31/h4,8-11,18-22,31H,1,5-7,12-15H2,2-3H3,(H,34,35)/t18?,19-,20-,21-,22?,26?/m0/s1. The highest BCUT2D eigenvalue weighted by molar-refractivity contribution is 9.09. The van der Waals surface area contributed by atoms with Crippen LogP contribution in [0.5, 0.6) is 0 Å². The minimum atomic E-state index is -0.998. The molecule has 8 nitrogen and oxygen atoms in total. The number of carboxylic acid groups (broad SMARTS) is 1. The first-order valence-corrected chi connectivity index (χ1v) is 14.3. The van der Waals surface area contributed by atoms with E-state index in [2.05, 4.69) is 41.3 Å². The normalized spacial score (nSPS) is 30.4. The Bertz CT molecular complexity index is 1020. The number of aliphatic hydroxyl groups is 1. The highest BCUT2D eigenvalue weighted by Gasteiger charge is 2.76. The Balaban J connectivity index is 1.74. The summed E-state index contributed by atoms with van der Waals surface area (Å²) >= 11 is 5.13. The number of hydrogen-bond acceptors (Lipinski definition) is 6. The van der Waals surface area contributed by atoms with E-state index in [9.17, 15) is 24.6 Å². The summed E-state index contributed by atoms with van der Waals surface area (Å²) in [5.41, 5.74) is 1.76. The molecule has 3 saturated heterocycles. The summed E-state index contributed by atoms with van der Waals surface area (Å²) in [5, 5.41) is 19.2. The third-order valence-electron chi connectivity index (χ3n) is 7.73. The Labute approximate surface area is 224 Å². The van der Waals surface area contributed by atoms with Crippen molar-refractivity contribution in [1.82, 2.24) is 4.90 Å². The van der Waals surface area contributed by atoms with Crippen LogP contribution in [0.25, 0.3) is 0 Å². The first-order valence-electron chi connectivity index (χ1n) is 12.5. The zero-order valence-electron chi connectivity index (χ0n) is 20.7. The Kier molecular flexibility index (Phi) is 8.07. The van der Waals surface area contributed by atoms with Crippen LogP contribution in [0, 0.1) is 11.8 Å². The quantitative estimate of drug-likeness (QED) is 0.307. The number of aliphatic carboxylic acids is 1. The summed E-state index contributed by atoms with van der Waals surface area (Å²) in [6.45, 7) is 10.1. The predicted molar refractivity (Wildman–Crippen MR) is 146 cm³/mol. The fourth-order valence-electron chi connectivity index (χ4n) is 6.20. The molecular weight excluding hydrogens is 546 g/mol. The van der Waals surface area contributed by atoms with Gasteiger partial charge in [0, 0.05) is 54.2 Å². The maximum Gasteiger partial charge on any atom is 0.308 e. The predicted octanol–water partition coefficient (Wildman–Crippen LogP) is 2.98. The molecule has 1 aromatic rings. The van der Waals surface area contributed by atoms with Gasteiger partial charge in [0.2, 0.25) is 5.91 Å². The molecule has 2 N–H and O–H groups in total. The van der Waals surface area contributed by atoms with Gasteiger partial charge in [0.05, 0.1) is 16.6 Å². The van der Waals surface area contributed by atoms with Crippen molar-refractivity contribution in [3.63, 3.8) is 0 Å². The molecule has 1 spiro atoms. The number of carbonyl (C=O) groups is 3. The maximum absolute atomic E-state index is 14.3. The smallest absolute Gasteiger partial charge is 0.308 e. The lowest BCUT2D eigenvalue weighted by atomic mass is 9.71. The molecule has 2 amide bonds. The molecule has 3 unspecified atom stereocenters. The highest BCUT2D eigenvalue weighted by atomic mass is 79.9. The summed E-state index contributed by atoms with van der Waals surface area (Å²) in [4.78, 5) is 45.6. The number of halogens is 1. The molecule has 1 aromatic carbocycles. The number of amides is 2. The number of fused-ring (bicyclic) bond motifs is 1. The van der Waals surface area contributed by atoms with E-state index in [4.69, 9.17) is 0 Å². The Hall–Kier alpha value is -2.04. The Morgan fingerprint density at radius 1 is 1.25 bits per heavy atom. The van der Waals surface area contributed by atoms with Gasteiger partial charge in [-0.1, -0.05) is 22.0 Å². The van der Waals surface area contributed by atoms with Crippen molar-refractivity contribution in [3.8, 4) is 0 Å². The second-order valence-electron chi connectivity index (χ2n) is 9.54. The highest BCUT2D eigenvalue weighted by Crippen LogP contribution is 2.67. The van der Waals surface area contributed by atoms with Crippen LogP contribution in [-0.4, -0.2) is 86.5 Å². The number of anilines is 2. The number of thioether (sulfide) groups is 1. The molecule has 3 fully saturated rings. The first kappa shape index (κ1) is 27.0. The number of benzene rings is 1. The molecule has 0 saturated carbocycles. The molecule has 0 aromatic heterocycles. The average molecular weight is 581 g/mol. The van der Waals surface area contributed by atoms with Crippen molar-refractivity contribution in [2.75, 3.05) is 42.6 Å². The van der Waals surface area contributed by atoms with Gasteiger partial charge < -0.3 is 24.9 Å². The van der Waals surface area contributed by atoms with Gasteiger partial charge in [-0.05, 0) is 51.0 Å². The van der Waals surface area contributed by atoms with E-state index >= 15 is 0 Å². The number of nitrogens with zero attached hydrogens (tertiary/aromatic N) is 3. The zero-order valence-corrected chi connectivity index (χ0v) is 23.1. The summed E-state index contributed by atoms with van der Waals surface area (Å²) in [7, 11) is 0. The van der Waals surface area contributed by atoms with Crippen molar-refractivity contribution in [3.05, 3.63) is 36.9 Å². The van der Waals surface area contributed by atoms with Crippen LogP contribution in [0.1, 0.15) is 26.7 Å². The van der Waals surface area contributed by atoms with Gasteiger partial charge in [-0.25, -0.2) is 0 Å². The van der Waals surface area contributed by atoms with Crippen molar-refractivity contribution in [2.45, 2.75) is 47.6 Å². The number of carboxylic acids is 1. The molecule has 3 aliphatic heterocycles. The van der Waals surface area contributed by atoms with Crippen LogP contribution >= 0.6 is 27.7 Å². The number of aliphatic hydroxyl groups excluding tert-OH is 1. The largest absolute Gasteiger partial charge is 0.481 e. The van der Waals surface area contributed by atoms with Crippen molar-refractivity contribution in [1.29, 1.82) is 0 Å².